The van der Waals surface area contributed by atoms with E-state index in [2.05, 4.69) is 0 Å². The zero-order chi connectivity index (χ0) is 4.12. The van der Waals surface area contributed by atoms with Crippen molar-refractivity contribution >= 4 is 11.8 Å². The van der Waals surface area contributed by atoms with Gasteiger partial charge in [-0.1, -0.05) is 13.8 Å². The zero-order valence-electron chi connectivity index (χ0n) is 3.82. The summed E-state index contributed by atoms with van der Waals surface area (Å²) in [5.41, 5.74) is 0. The summed E-state index contributed by atoms with van der Waals surface area (Å²) in [5.74, 6) is 2.83. The third-order valence-corrected chi connectivity index (χ3v) is 0.612. The quantitative estimate of drug-likeness (QED) is 0.408. The standard InChI is InChI=1S/C2H4S.C2H6/c1-2-3-1;1-2/h1-2H2;1-2H3. The molecule has 32 valence electrons. The molecule has 0 saturated carbocycles. The topological polar surface area (TPSA) is 0 Å². The first kappa shape index (κ1) is 5.35. The van der Waals surface area contributed by atoms with Gasteiger partial charge < -0.3 is 0 Å². The number of thioether (sulfide) groups is 1. The predicted molar refractivity (Wildman–Crippen MR) is 28.7 cm³/mol. The van der Waals surface area contributed by atoms with Crippen molar-refractivity contribution in [3.63, 3.8) is 0 Å². The Labute approximate surface area is 38.0 Å². The van der Waals surface area contributed by atoms with Crippen LogP contribution in [0, 0.1) is 0 Å². The van der Waals surface area contributed by atoms with Crippen molar-refractivity contribution in [1.82, 2.24) is 0 Å². The largest absolute Gasteiger partial charge is 0.160 e. The van der Waals surface area contributed by atoms with Gasteiger partial charge in [0.25, 0.3) is 0 Å². The van der Waals surface area contributed by atoms with Crippen LogP contribution in [0.3, 0.4) is 0 Å². The minimum Gasteiger partial charge on any atom is -0.160 e. The summed E-state index contributed by atoms with van der Waals surface area (Å²) < 4.78 is 0. The van der Waals surface area contributed by atoms with Gasteiger partial charge in [-0.05, 0) is 0 Å². The Hall–Kier alpha value is 0.350. The first-order valence-corrected chi connectivity index (χ1v) is 3.23. The maximum absolute atomic E-state index is 2.00. The van der Waals surface area contributed by atoms with E-state index < -0.39 is 0 Å². The fourth-order valence-electron chi connectivity index (χ4n) is 0. The highest BCUT2D eigenvalue weighted by Crippen LogP contribution is 2.14. The molecular weight excluding hydrogens is 80.1 g/mol. The van der Waals surface area contributed by atoms with Crippen LogP contribution in [0.1, 0.15) is 13.8 Å². The summed E-state index contributed by atoms with van der Waals surface area (Å²) in [6.45, 7) is 4.00. The lowest BCUT2D eigenvalue weighted by Crippen LogP contribution is -1.20. The lowest BCUT2D eigenvalue weighted by molar-refractivity contribution is 1.50. The van der Waals surface area contributed by atoms with Crippen LogP contribution in [-0.2, 0) is 0 Å². The van der Waals surface area contributed by atoms with E-state index in [1.807, 2.05) is 25.6 Å². The molecule has 0 aliphatic carbocycles. The molecular formula is C4H10S. The van der Waals surface area contributed by atoms with Crippen molar-refractivity contribution in [2.45, 2.75) is 13.8 Å². The highest BCUT2D eigenvalue weighted by molar-refractivity contribution is 8.06. The molecule has 1 heteroatoms. The first-order valence-electron chi connectivity index (χ1n) is 2.08. The average Bonchev–Trinajstić information content (AvgIpc) is 2.19. The predicted octanol–water partition coefficient (Wildman–Crippen LogP) is 1.76. The average molecular weight is 90.2 g/mol. The van der Waals surface area contributed by atoms with E-state index in [1.54, 1.807) is 0 Å². The molecule has 0 atom stereocenters. The molecule has 0 radical (unpaired) electrons. The molecule has 1 aliphatic heterocycles. The van der Waals surface area contributed by atoms with Gasteiger partial charge in [-0.3, -0.25) is 0 Å². The third kappa shape index (κ3) is 13.2. The second-order valence-electron chi connectivity index (χ2n) is 0.612. The maximum Gasteiger partial charge on any atom is 0.00238 e. The third-order valence-electron chi connectivity index (χ3n) is 0.204. The fraction of sp³-hybridized carbons (Fsp3) is 1.00. The van der Waals surface area contributed by atoms with Crippen LogP contribution in [0.2, 0.25) is 0 Å². The van der Waals surface area contributed by atoms with Crippen LogP contribution in [0.15, 0.2) is 0 Å². The van der Waals surface area contributed by atoms with Gasteiger partial charge >= 0.3 is 0 Å². The van der Waals surface area contributed by atoms with Gasteiger partial charge in [-0.25, -0.2) is 0 Å². The van der Waals surface area contributed by atoms with Crippen molar-refractivity contribution in [3.8, 4) is 0 Å². The molecule has 0 aromatic heterocycles. The molecule has 1 aliphatic rings. The minimum absolute atomic E-state index is 1.42. The summed E-state index contributed by atoms with van der Waals surface area (Å²) in [6.07, 6.45) is 0. The van der Waals surface area contributed by atoms with E-state index in [9.17, 15) is 0 Å². The van der Waals surface area contributed by atoms with Gasteiger partial charge in [-0.2, -0.15) is 11.8 Å². The molecule has 0 aromatic rings. The molecule has 1 saturated heterocycles. The van der Waals surface area contributed by atoms with E-state index in [-0.39, 0.29) is 0 Å². The van der Waals surface area contributed by atoms with Gasteiger partial charge in [-0.15, -0.1) is 0 Å². The van der Waals surface area contributed by atoms with E-state index in [0.29, 0.717) is 0 Å². The fourth-order valence-corrected chi connectivity index (χ4v) is 0. The highest BCUT2D eigenvalue weighted by Gasteiger charge is 1.95. The smallest absolute Gasteiger partial charge is 0.00238 e. The molecule has 0 nitrogen and oxygen atoms in total. The molecule has 1 rings (SSSR count). The highest BCUT2D eigenvalue weighted by atomic mass is 32.2. The molecule has 0 unspecified atom stereocenters. The molecule has 1 fully saturated rings. The number of rotatable bonds is 0. The molecule has 0 aromatic carbocycles. The minimum atomic E-state index is 1.42. The number of hydrogen-bond donors (Lipinski definition) is 0. The second kappa shape index (κ2) is 4.35. The Morgan fingerprint density at radius 3 is 1.40 bits per heavy atom. The van der Waals surface area contributed by atoms with Gasteiger partial charge in [0.15, 0.2) is 0 Å². The molecule has 0 bridgehead atoms. The zero-order valence-corrected chi connectivity index (χ0v) is 4.64. The van der Waals surface area contributed by atoms with Crippen LogP contribution < -0.4 is 0 Å². The summed E-state index contributed by atoms with van der Waals surface area (Å²) in [5, 5.41) is 0. The molecule has 5 heavy (non-hydrogen) atoms. The van der Waals surface area contributed by atoms with E-state index in [1.165, 1.54) is 11.5 Å². The van der Waals surface area contributed by atoms with Crippen LogP contribution in [0.25, 0.3) is 0 Å². The lowest BCUT2D eigenvalue weighted by Gasteiger charge is -1.11. The summed E-state index contributed by atoms with van der Waals surface area (Å²) >= 11 is 2.00. The van der Waals surface area contributed by atoms with Crippen molar-refractivity contribution in [3.05, 3.63) is 0 Å². The SMILES string of the molecule is C1CS1.CC. The van der Waals surface area contributed by atoms with Crippen molar-refractivity contribution in [2.75, 3.05) is 11.5 Å². The van der Waals surface area contributed by atoms with Crippen LogP contribution >= 0.6 is 11.8 Å². The van der Waals surface area contributed by atoms with Crippen LogP contribution in [-0.4, -0.2) is 11.5 Å². The molecule has 0 amide bonds. The summed E-state index contributed by atoms with van der Waals surface area (Å²) in [4.78, 5) is 0. The van der Waals surface area contributed by atoms with E-state index in [0.717, 1.165) is 0 Å². The summed E-state index contributed by atoms with van der Waals surface area (Å²) in [7, 11) is 0. The maximum atomic E-state index is 2.00. The van der Waals surface area contributed by atoms with Crippen molar-refractivity contribution in [2.24, 2.45) is 0 Å². The Kier molecular flexibility index (Phi) is 4.65. The summed E-state index contributed by atoms with van der Waals surface area (Å²) in [6, 6.07) is 0. The Bertz CT molecular complexity index is 8.36. The molecule has 1 heterocycles. The lowest BCUT2D eigenvalue weighted by atomic mass is 11.0. The monoisotopic (exact) mass is 90.1 g/mol. The van der Waals surface area contributed by atoms with Crippen molar-refractivity contribution < 1.29 is 0 Å². The van der Waals surface area contributed by atoms with Gasteiger partial charge in [0.05, 0.1) is 0 Å². The van der Waals surface area contributed by atoms with Crippen LogP contribution in [0.5, 0.6) is 0 Å². The molecule has 0 N–H and O–H groups in total. The van der Waals surface area contributed by atoms with Crippen LogP contribution in [0.4, 0.5) is 0 Å². The van der Waals surface area contributed by atoms with E-state index in [4.69, 9.17) is 0 Å². The van der Waals surface area contributed by atoms with E-state index >= 15 is 0 Å². The number of hydrogen-bond acceptors (Lipinski definition) is 1. The van der Waals surface area contributed by atoms with Gasteiger partial charge in [0, 0.05) is 11.5 Å². The normalized spacial score (nSPS) is 15.6. The Balaban J connectivity index is 0.0000000733. The Morgan fingerprint density at radius 2 is 1.40 bits per heavy atom. The van der Waals surface area contributed by atoms with Gasteiger partial charge in [0.1, 0.15) is 0 Å². The Morgan fingerprint density at radius 1 is 1.20 bits per heavy atom. The molecule has 0 spiro atoms. The van der Waals surface area contributed by atoms with Gasteiger partial charge in [0.2, 0.25) is 0 Å². The first-order chi connectivity index (χ1) is 2.50. The second-order valence-corrected chi connectivity index (χ2v) is 1.84. The van der Waals surface area contributed by atoms with Crippen molar-refractivity contribution in [1.29, 1.82) is 0 Å².